The third-order valence-corrected chi connectivity index (χ3v) is 2.76. The number of carbonyl (C=O) groups excluding carboxylic acids is 1. The Bertz CT molecular complexity index is 350. The Morgan fingerprint density at radius 1 is 1.44 bits per heavy atom. The molecule has 0 radical (unpaired) electrons. The number of hydrogen-bond donors (Lipinski definition) is 0. The third kappa shape index (κ3) is 3.86. The summed E-state index contributed by atoms with van der Waals surface area (Å²) in [7, 11) is 0. The van der Waals surface area contributed by atoms with Gasteiger partial charge in [0.15, 0.2) is 0 Å². The number of Topliss-reactive ketones (excluding diaryl/α,β-unsaturated/α-hetero) is 1. The lowest BCUT2D eigenvalue weighted by Gasteiger charge is -2.14. The van der Waals surface area contributed by atoms with Crippen LogP contribution in [0.25, 0.3) is 0 Å². The van der Waals surface area contributed by atoms with E-state index in [1.54, 1.807) is 6.92 Å². The predicted octanol–water partition coefficient (Wildman–Crippen LogP) is 3.73. The number of halogens is 1. The van der Waals surface area contributed by atoms with Crippen molar-refractivity contribution in [2.45, 2.75) is 32.1 Å². The SMILES string of the molecule is CCOc1ccccc1C(Cl)CCC(C)=O. The second-order valence-corrected chi connectivity index (χ2v) is 4.21. The number of carbonyl (C=O) groups is 1. The van der Waals surface area contributed by atoms with Gasteiger partial charge >= 0.3 is 0 Å². The maximum Gasteiger partial charge on any atom is 0.129 e. The highest BCUT2D eigenvalue weighted by Gasteiger charge is 2.13. The molecule has 1 atom stereocenters. The van der Waals surface area contributed by atoms with Gasteiger partial charge in [0.2, 0.25) is 0 Å². The molecule has 0 N–H and O–H groups in total. The van der Waals surface area contributed by atoms with Crippen LogP contribution >= 0.6 is 11.6 Å². The quantitative estimate of drug-likeness (QED) is 0.709. The molecule has 0 aromatic heterocycles. The summed E-state index contributed by atoms with van der Waals surface area (Å²) in [6, 6.07) is 7.70. The van der Waals surface area contributed by atoms with Gasteiger partial charge in [-0.3, -0.25) is 0 Å². The molecule has 0 bridgehead atoms. The van der Waals surface area contributed by atoms with E-state index in [1.165, 1.54) is 0 Å². The Morgan fingerprint density at radius 2 is 2.12 bits per heavy atom. The maximum absolute atomic E-state index is 10.9. The molecule has 0 amide bonds. The van der Waals surface area contributed by atoms with Gasteiger partial charge in [-0.25, -0.2) is 0 Å². The summed E-state index contributed by atoms with van der Waals surface area (Å²) in [5.74, 6) is 0.980. The van der Waals surface area contributed by atoms with Gasteiger partial charge in [0, 0.05) is 12.0 Å². The van der Waals surface area contributed by atoms with Crippen molar-refractivity contribution in [2.75, 3.05) is 6.61 Å². The van der Waals surface area contributed by atoms with Crippen LogP contribution in [0.3, 0.4) is 0 Å². The molecule has 0 spiro atoms. The second kappa shape index (κ2) is 6.54. The molecular formula is C13H17ClO2. The van der Waals surface area contributed by atoms with Gasteiger partial charge in [-0.2, -0.15) is 0 Å². The van der Waals surface area contributed by atoms with Crippen molar-refractivity contribution >= 4 is 17.4 Å². The van der Waals surface area contributed by atoms with Gasteiger partial charge < -0.3 is 9.53 Å². The molecular weight excluding hydrogens is 224 g/mol. The van der Waals surface area contributed by atoms with E-state index in [4.69, 9.17) is 16.3 Å². The highest BCUT2D eigenvalue weighted by Crippen LogP contribution is 2.32. The van der Waals surface area contributed by atoms with E-state index in [0.717, 1.165) is 11.3 Å². The van der Waals surface area contributed by atoms with E-state index in [2.05, 4.69) is 0 Å². The Morgan fingerprint density at radius 3 is 2.75 bits per heavy atom. The average molecular weight is 241 g/mol. The number of ketones is 1. The summed E-state index contributed by atoms with van der Waals surface area (Å²) in [4.78, 5) is 10.9. The molecule has 2 nitrogen and oxygen atoms in total. The molecule has 1 rings (SSSR count). The van der Waals surface area contributed by atoms with Crippen LogP contribution in [0.5, 0.6) is 5.75 Å². The molecule has 1 aromatic carbocycles. The second-order valence-electron chi connectivity index (χ2n) is 3.68. The minimum atomic E-state index is -0.161. The number of rotatable bonds is 6. The molecule has 1 unspecified atom stereocenters. The van der Waals surface area contributed by atoms with Crippen LogP contribution in [0, 0.1) is 0 Å². The van der Waals surface area contributed by atoms with Crippen molar-refractivity contribution in [1.29, 1.82) is 0 Å². The summed E-state index contributed by atoms with van der Waals surface area (Å²) < 4.78 is 5.50. The van der Waals surface area contributed by atoms with Crippen LogP contribution in [0.1, 0.15) is 37.6 Å². The molecule has 16 heavy (non-hydrogen) atoms. The van der Waals surface area contributed by atoms with Crippen LogP contribution in [-0.2, 0) is 4.79 Å². The zero-order chi connectivity index (χ0) is 12.0. The monoisotopic (exact) mass is 240 g/mol. The highest BCUT2D eigenvalue weighted by molar-refractivity contribution is 6.21. The number of alkyl halides is 1. The standard InChI is InChI=1S/C13H17ClO2/c1-3-16-13-7-5-4-6-11(13)12(14)9-8-10(2)15/h4-7,12H,3,8-9H2,1-2H3. The first-order valence-corrected chi connectivity index (χ1v) is 5.94. The number of para-hydroxylation sites is 1. The summed E-state index contributed by atoms with van der Waals surface area (Å²) in [6.07, 6.45) is 1.16. The Kier molecular flexibility index (Phi) is 5.33. The fourth-order valence-electron chi connectivity index (χ4n) is 1.51. The zero-order valence-corrected chi connectivity index (χ0v) is 10.5. The first-order chi connectivity index (χ1) is 7.65. The fourth-order valence-corrected chi connectivity index (χ4v) is 1.80. The van der Waals surface area contributed by atoms with Crippen molar-refractivity contribution in [2.24, 2.45) is 0 Å². The van der Waals surface area contributed by atoms with Crippen LogP contribution in [0.4, 0.5) is 0 Å². The van der Waals surface area contributed by atoms with Crippen molar-refractivity contribution in [3.8, 4) is 5.75 Å². The molecule has 88 valence electrons. The Hall–Kier alpha value is -1.02. The number of hydrogen-bond acceptors (Lipinski definition) is 2. The van der Waals surface area contributed by atoms with E-state index in [0.29, 0.717) is 19.4 Å². The first-order valence-electron chi connectivity index (χ1n) is 5.50. The smallest absolute Gasteiger partial charge is 0.129 e. The molecule has 0 fully saturated rings. The van der Waals surface area contributed by atoms with Gasteiger partial charge in [0.05, 0.1) is 12.0 Å². The molecule has 0 saturated heterocycles. The Labute approximate surface area is 102 Å². The molecule has 0 aliphatic carbocycles. The van der Waals surface area contributed by atoms with Crippen LogP contribution in [0.2, 0.25) is 0 Å². The predicted molar refractivity (Wildman–Crippen MR) is 66.1 cm³/mol. The van der Waals surface area contributed by atoms with Crippen molar-refractivity contribution < 1.29 is 9.53 Å². The van der Waals surface area contributed by atoms with Gasteiger partial charge in [-0.1, -0.05) is 18.2 Å². The lowest BCUT2D eigenvalue weighted by atomic mass is 10.1. The summed E-state index contributed by atoms with van der Waals surface area (Å²) in [6.45, 7) is 4.14. The van der Waals surface area contributed by atoms with Crippen molar-refractivity contribution in [1.82, 2.24) is 0 Å². The minimum Gasteiger partial charge on any atom is -0.494 e. The molecule has 0 heterocycles. The van der Waals surface area contributed by atoms with Crippen molar-refractivity contribution in [3.63, 3.8) is 0 Å². The maximum atomic E-state index is 10.9. The van der Waals surface area contributed by atoms with Crippen LogP contribution in [-0.4, -0.2) is 12.4 Å². The van der Waals surface area contributed by atoms with Gasteiger partial charge in [0.25, 0.3) is 0 Å². The fraction of sp³-hybridized carbons (Fsp3) is 0.462. The number of ether oxygens (including phenoxy) is 1. The molecule has 0 aliphatic heterocycles. The van der Waals surface area contributed by atoms with E-state index >= 15 is 0 Å². The zero-order valence-electron chi connectivity index (χ0n) is 9.70. The van der Waals surface area contributed by atoms with Gasteiger partial charge in [-0.15, -0.1) is 11.6 Å². The third-order valence-electron chi connectivity index (χ3n) is 2.31. The molecule has 0 saturated carbocycles. The largest absolute Gasteiger partial charge is 0.494 e. The van der Waals surface area contributed by atoms with Crippen LogP contribution in [0.15, 0.2) is 24.3 Å². The summed E-state index contributed by atoms with van der Waals surface area (Å²) >= 11 is 6.26. The van der Waals surface area contributed by atoms with Gasteiger partial charge in [0.1, 0.15) is 11.5 Å². The summed E-state index contributed by atoms with van der Waals surface area (Å²) in [5, 5.41) is -0.161. The topological polar surface area (TPSA) is 26.3 Å². The lowest BCUT2D eigenvalue weighted by Crippen LogP contribution is -2.00. The molecule has 0 aliphatic rings. The van der Waals surface area contributed by atoms with Crippen LogP contribution < -0.4 is 4.74 Å². The average Bonchev–Trinajstić information content (AvgIpc) is 2.27. The van der Waals surface area contributed by atoms with E-state index in [9.17, 15) is 4.79 Å². The number of benzene rings is 1. The van der Waals surface area contributed by atoms with E-state index < -0.39 is 0 Å². The molecule has 1 aromatic rings. The first kappa shape index (κ1) is 13.0. The van der Waals surface area contributed by atoms with Crippen molar-refractivity contribution in [3.05, 3.63) is 29.8 Å². The van der Waals surface area contributed by atoms with E-state index in [1.807, 2.05) is 31.2 Å². The lowest BCUT2D eigenvalue weighted by molar-refractivity contribution is -0.117. The minimum absolute atomic E-state index is 0.161. The summed E-state index contributed by atoms with van der Waals surface area (Å²) in [5.41, 5.74) is 0.965. The highest BCUT2D eigenvalue weighted by atomic mass is 35.5. The molecule has 3 heteroatoms. The van der Waals surface area contributed by atoms with Gasteiger partial charge in [-0.05, 0) is 26.3 Å². The Balaban J connectivity index is 2.73. The van der Waals surface area contributed by atoms with E-state index in [-0.39, 0.29) is 11.2 Å². The normalized spacial score (nSPS) is 12.2.